The van der Waals surface area contributed by atoms with Crippen molar-refractivity contribution in [1.82, 2.24) is 0 Å². The summed E-state index contributed by atoms with van der Waals surface area (Å²) in [5, 5.41) is 9.39. The number of aliphatic hydroxyl groups excluding tert-OH is 1. The normalized spacial score (nSPS) is 14.0. The van der Waals surface area contributed by atoms with E-state index in [2.05, 4.69) is 30.8 Å². The van der Waals surface area contributed by atoms with Gasteiger partial charge >= 0.3 is 5.97 Å². The van der Waals surface area contributed by atoms with E-state index in [1.807, 2.05) is 6.08 Å². The lowest BCUT2D eigenvalue weighted by Crippen LogP contribution is -2.06. The summed E-state index contributed by atoms with van der Waals surface area (Å²) in [5.41, 5.74) is 4.11. The fourth-order valence-electron chi connectivity index (χ4n) is 2.32. The van der Waals surface area contributed by atoms with Gasteiger partial charge in [-0.2, -0.15) is 0 Å². The first kappa shape index (κ1) is 16.1. The van der Waals surface area contributed by atoms with Gasteiger partial charge in [0, 0.05) is 12.0 Å². The monoisotopic (exact) mass is 298 g/mol. The molecule has 3 nitrogen and oxygen atoms in total. The topological polar surface area (TPSA) is 46.5 Å². The van der Waals surface area contributed by atoms with Crippen molar-refractivity contribution in [3.63, 3.8) is 0 Å². The van der Waals surface area contributed by atoms with Gasteiger partial charge in [-0.3, -0.25) is 0 Å². The van der Waals surface area contributed by atoms with Crippen LogP contribution in [0.25, 0.3) is 5.57 Å². The van der Waals surface area contributed by atoms with Crippen LogP contribution in [0.5, 0.6) is 0 Å². The van der Waals surface area contributed by atoms with Crippen molar-refractivity contribution >= 4 is 11.5 Å². The summed E-state index contributed by atoms with van der Waals surface area (Å²) < 4.78 is 5.08. The molecule has 0 unspecified atom stereocenters. The van der Waals surface area contributed by atoms with Gasteiger partial charge in [-0.05, 0) is 49.0 Å². The molecule has 0 atom stereocenters. The molecular formula is C19H22O3. The van der Waals surface area contributed by atoms with E-state index in [1.54, 1.807) is 13.0 Å². The maximum Gasteiger partial charge on any atom is 0.333 e. The number of benzene rings is 1. The van der Waals surface area contributed by atoms with Crippen molar-refractivity contribution in [3.8, 4) is 0 Å². The van der Waals surface area contributed by atoms with E-state index in [9.17, 15) is 9.90 Å². The molecule has 0 radical (unpaired) electrons. The first-order chi connectivity index (χ1) is 10.6. The summed E-state index contributed by atoms with van der Waals surface area (Å²) >= 11 is 0. The van der Waals surface area contributed by atoms with Crippen LogP contribution in [0.2, 0.25) is 0 Å². The van der Waals surface area contributed by atoms with Crippen LogP contribution in [0.3, 0.4) is 0 Å². The Morgan fingerprint density at radius 3 is 2.55 bits per heavy atom. The van der Waals surface area contributed by atoms with Gasteiger partial charge in [0.1, 0.15) is 0 Å². The standard InChI is InChI=1S/C19H22O3/c1-14(2)19(21)22-13-3-4-15-5-7-16(8-6-15)17-9-11-18(20)12-10-17/h5-9,11,20H,1,3-4,10,12-13H2,2H3. The van der Waals surface area contributed by atoms with Crippen molar-refractivity contribution in [2.75, 3.05) is 6.61 Å². The molecule has 0 aliphatic heterocycles. The lowest BCUT2D eigenvalue weighted by atomic mass is 9.95. The minimum atomic E-state index is -0.323. The zero-order chi connectivity index (χ0) is 15.9. The zero-order valence-electron chi connectivity index (χ0n) is 13.0. The highest BCUT2D eigenvalue weighted by Crippen LogP contribution is 2.26. The van der Waals surface area contributed by atoms with Crippen molar-refractivity contribution in [2.45, 2.75) is 32.6 Å². The summed E-state index contributed by atoms with van der Waals surface area (Å²) in [6.45, 7) is 5.62. The summed E-state index contributed by atoms with van der Waals surface area (Å²) in [7, 11) is 0. The lowest BCUT2D eigenvalue weighted by Gasteiger charge is -2.12. The molecular weight excluding hydrogens is 276 g/mol. The number of aryl methyl sites for hydroxylation is 1. The van der Waals surface area contributed by atoms with E-state index in [-0.39, 0.29) is 5.97 Å². The molecule has 0 fully saturated rings. The minimum absolute atomic E-state index is 0.323. The number of ether oxygens (including phenoxy) is 1. The molecule has 0 spiro atoms. The van der Waals surface area contributed by atoms with Gasteiger partial charge in [0.2, 0.25) is 0 Å². The average molecular weight is 298 g/mol. The van der Waals surface area contributed by atoms with Crippen LogP contribution >= 0.6 is 0 Å². The Balaban J connectivity index is 1.82. The first-order valence-corrected chi connectivity index (χ1v) is 7.57. The maximum absolute atomic E-state index is 11.2. The predicted octanol–water partition coefficient (Wildman–Crippen LogP) is 4.36. The van der Waals surface area contributed by atoms with E-state index >= 15 is 0 Å². The predicted molar refractivity (Wildman–Crippen MR) is 88.5 cm³/mol. The van der Waals surface area contributed by atoms with Crippen LogP contribution in [0.15, 0.2) is 54.3 Å². The number of carbonyl (C=O) groups is 1. The van der Waals surface area contributed by atoms with Crippen molar-refractivity contribution < 1.29 is 14.6 Å². The number of hydrogen-bond donors (Lipinski definition) is 1. The van der Waals surface area contributed by atoms with Crippen LogP contribution in [-0.2, 0) is 16.0 Å². The molecule has 1 N–H and O–H groups in total. The Labute approximate surface area is 131 Å². The molecule has 1 aromatic carbocycles. The molecule has 0 saturated carbocycles. The van der Waals surface area contributed by atoms with Gasteiger partial charge < -0.3 is 9.84 Å². The van der Waals surface area contributed by atoms with Gasteiger partial charge in [-0.15, -0.1) is 0 Å². The van der Waals surface area contributed by atoms with Crippen molar-refractivity contribution in [3.05, 3.63) is 65.5 Å². The van der Waals surface area contributed by atoms with Crippen LogP contribution in [0.4, 0.5) is 0 Å². The number of rotatable bonds is 6. The second-order valence-corrected chi connectivity index (χ2v) is 5.57. The molecule has 116 valence electrons. The highest BCUT2D eigenvalue weighted by Gasteiger charge is 2.07. The number of aliphatic hydroxyl groups is 1. The Kier molecular flexibility index (Phi) is 5.59. The fraction of sp³-hybridized carbons (Fsp3) is 0.316. The van der Waals surface area contributed by atoms with E-state index in [1.165, 1.54) is 16.7 Å². The second-order valence-electron chi connectivity index (χ2n) is 5.57. The molecule has 1 aromatic rings. The third kappa shape index (κ3) is 4.62. The van der Waals surface area contributed by atoms with Gasteiger partial charge in [-0.25, -0.2) is 4.79 Å². The Morgan fingerprint density at radius 2 is 1.95 bits per heavy atom. The smallest absolute Gasteiger partial charge is 0.333 e. The van der Waals surface area contributed by atoms with Crippen molar-refractivity contribution in [1.29, 1.82) is 0 Å². The van der Waals surface area contributed by atoms with E-state index in [0.29, 0.717) is 24.4 Å². The number of carbonyl (C=O) groups excluding carboxylic acids is 1. The van der Waals surface area contributed by atoms with Gasteiger partial charge in [-0.1, -0.05) is 36.9 Å². The minimum Gasteiger partial charge on any atom is -0.512 e. The summed E-state index contributed by atoms with van der Waals surface area (Å²) in [6.07, 6.45) is 7.01. The van der Waals surface area contributed by atoms with Gasteiger partial charge in [0.15, 0.2) is 0 Å². The highest BCUT2D eigenvalue weighted by molar-refractivity contribution is 5.86. The molecule has 0 heterocycles. The van der Waals surface area contributed by atoms with Crippen LogP contribution in [0, 0.1) is 0 Å². The lowest BCUT2D eigenvalue weighted by molar-refractivity contribution is -0.139. The van der Waals surface area contributed by atoms with E-state index in [0.717, 1.165) is 19.3 Å². The quantitative estimate of drug-likeness (QED) is 0.482. The molecule has 22 heavy (non-hydrogen) atoms. The number of esters is 1. The molecule has 0 bridgehead atoms. The SMILES string of the molecule is C=C(C)C(=O)OCCCc1ccc(C2=CC=C(O)CC2)cc1. The molecule has 0 amide bonds. The molecule has 3 heteroatoms. The Hall–Kier alpha value is -2.29. The number of hydrogen-bond acceptors (Lipinski definition) is 3. The molecule has 1 aliphatic rings. The third-order valence-electron chi connectivity index (χ3n) is 3.64. The summed E-state index contributed by atoms with van der Waals surface area (Å²) in [5.74, 6) is 0.126. The van der Waals surface area contributed by atoms with E-state index in [4.69, 9.17) is 4.74 Å². The van der Waals surface area contributed by atoms with Gasteiger partial charge in [0.25, 0.3) is 0 Å². The maximum atomic E-state index is 11.2. The molecule has 0 aromatic heterocycles. The van der Waals surface area contributed by atoms with Crippen LogP contribution in [-0.4, -0.2) is 17.7 Å². The Morgan fingerprint density at radius 1 is 1.23 bits per heavy atom. The Bertz CT molecular complexity index is 606. The third-order valence-corrected chi connectivity index (χ3v) is 3.64. The fourth-order valence-corrected chi connectivity index (χ4v) is 2.32. The average Bonchev–Trinajstić information content (AvgIpc) is 2.52. The highest BCUT2D eigenvalue weighted by atomic mass is 16.5. The summed E-state index contributed by atoms with van der Waals surface area (Å²) in [6, 6.07) is 8.43. The van der Waals surface area contributed by atoms with E-state index < -0.39 is 0 Å². The summed E-state index contributed by atoms with van der Waals surface area (Å²) in [4.78, 5) is 11.2. The van der Waals surface area contributed by atoms with Crippen LogP contribution in [0.1, 0.15) is 37.3 Å². The largest absolute Gasteiger partial charge is 0.512 e. The second kappa shape index (κ2) is 7.64. The zero-order valence-corrected chi connectivity index (χ0v) is 13.0. The first-order valence-electron chi connectivity index (χ1n) is 7.57. The van der Waals surface area contributed by atoms with Crippen molar-refractivity contribution in [2.24, 2.45) is 0 Å². The molecule has 2 rings (SSSR count). The van der Waals surface area contributed by atoms with Crippen LogP contribution < -0.4 is 0 Å². The van der Waals surface area contributed by atoms with Gasteiger partial charge in [0.05, 0.1) is 12.4 Å². The molecule has 0 saturated heterocycles. The molecule has 1 aliphatic carbocycles. The number of allylic oxidation sites excluding steroid dienone is 4.